The Morgan fingerprint density at radius 3 is 2.47 bits per heavy atom. The largest absolute Gasteiger partial charge is 0.379 e. The van der Waals surface area contributed by atoms with Crippen molar-refractivity contribution in [2.45, 2.75) is 12.8 Å². The van der Waals surface area contributed by atoms with Crippen LogP contribution >= 0.6 is 0 Å². The molecule has 7 nitrogen and oxygen atoms in total. The molecular formula is C28H27FN4O3. The Bertz CT molecular complexity index is 1430. The summed E-state index contributed by atoms with van der Waals surface area (Å²) in [6.45, 7) is 3.96. The lowest BCUT2D eigenvalue weighted by molar-refractivity contribution is -0.118. The Morgan fingerprint density at radius 1 is 0.972 bits per heavy atom. The molecule has 8 heteroatoms. The minimum absolute atomic E-state index is 0.120. The zero-order valence-electron chi connectivity index (χ0n) is 19.8. The standard InChI is InChI=1S/C28H27FN4O3/c29-21-7-4-9-23(19-21)33(26(34)12-5-13-32-14-16-36-17-15-32)22-8-3-6-20(18-22)27-24-10-1-2-11-25(24)28(35)31-30-27/h1-4,6-11,18-19H,5,12-17H2,(H,31,35). The highest BCUT2D eigenvalue weighted by Crippen LogP contribution is 2.32. The van der Waals surface area contributed by atoms with Crippen LogP contribution in [0.1, 0.15) is 12.8 Å². The van der Waals surface area contributed by atoms with Crippen molar-refractivity contribution in [3.05, 3.63) is 89.0 Å². The highest BCUT2D eigenvalue weighted by molar-refractivity contribution is 6.01. The molecule has 0 atom stereocenters. The van der Waals surface area contributed by atoms with Crippen molar-refractivity contribution in [3.63, 3.8) is 0 Å². The Hall–Kier alpha value is -3.88. The second-order valence-electron chi connectivity index (χ2n) is 8.76. The Labute approximate surface area is 208 Å². The summed E-state index contributed by atoms with van der Waals surface area (Å²) in [6, 6.07) is 20.7. The number of carbonyl (C=O) groups is 1. The van der Waals surface area contributed by atoms with Gasteiger partial charge >= 0.3 is 0 Å². The molecule has 0 bridgehead atoms. The van der Waals surface area contributed by atoms with Gasteiger partial charge in [-0.05, 0) is 49.4 Å². The third kappa shape index (κ3) is 5.19. The van der Waals surface area contributed by atoms with Crippen molar-refractivity contribution in [1.29, 1.82) is 0 Å². The average molecular weight is 487 g/mol. The summed E-state index contributed by atoms with van der Waals surface area (Å²) >= 11 is 0. The third-order valence-electron chi connectivity index (χ3n) is 6.36. The monoisotopic (exact) mass is 486 g/mol. The highest BCUT2D eigenvalue weighted by atomic mass is 19.1. The van der Waals surface area contributed by atoms with Gasteiger partial charge in [-0.2, -0.15) is 5.10 Å². The van der Waals surface area contributed by atoms with E-state index in [4.69, 9.17) is 4.74 Å². The van der Waals surface area contributed by atoms with Crippen LogP contribution in [0.25, 0.3) is 22.0 Å². The van der Waals surface area contributed by atoms with E-state index in [0.717, 1.165) is 25.2 Å². The number of carbonyl (C=O) groups excluding carboxylic acids is 1. The molecule has 0 spiro atoms. The maximum Gasteiger partial charge on any atom is 0.272 e. The summed E-state index contributed by atoms with van der Waals surface area (Å²) in [5.41, 5.74) is 2.14. The number of hydrogen-bond acceptors (Lipinski definition) is 5. The van der Waals surface area contributed by atoms with E-state index >= 15 is 0 Å². The summed E-state index contributed by atoms with van der Waals surface area (Å²) in [5, 5.41) is 8.11. The van der Waals surface area contributed by atoms with Crippen LogP contribution in [0.15, 0.2) is 77.6 Å². The van der Waals surface area contributed by atoms with Crippen molar-refractivity contribution >= 4 is 28.1 Å². The van der Waals surface area contributed by atoms with Gasteiger partial charge in [0.25, 0.3) is 5.56 Å². The molecule has 3 aromatic carbocycles. The smallest absolute Gasteiger partial charge is 0.272 e. The number of halogens is 1. The molecule has 0 unspecified atom stereocenters. The van der Waals surface area contributed by atoms with Gasteiger partial charge in [0.15, 0.2) is 0 Å². The molecule has 0 saturated carbocycles. The predicted molar refractivity (Wildman–Crippen MR) is 138 cm³/mol. The van der Waals surface area contributed by atoms with Gasteiger partial charge in [-0.1, -0.05) is 36.4 Å². The molecule has 184 valence electrons. The van der Waals surface area contributed by atoms with Gasteiger partial charge in [0.1, 0.15) is 5.82 Å². The fourth-order valence-corrected chi connectivity index (χ4v) is 4.57. The second kappa shape index (κ2) is 10.8. The SMILES string of the molecule is O=C(CCCN1CCOCC1)N(c1cccc(F)c1)c1cccc(-c2n[nH]c(=O)c3ccccc23)c1. The van der Waals surface area contributed by atoms with Crippen LogP contribution in [-0.2, 0) is 9.53 Å². The number of ether oxygens (including phenoxy) is 1. The first-order valence-corrected chi connectivity index (χ1v) is 12.1. The molecule has 0 aliphatic carbocycles. The van der Waals surface area contributed by atoms with E-state index in [1.165, 1.54) is 12.1 Å². The topological polar surface area (TPSA) is 78.5 Å². The van der Waals surface area contributed by atoms with Crippen LogP contribution in [0.4, 0.5) is 15.8 Å². The fraction of sp³-hybridized carbons (Fsp3) is 0.250. The maximum atomic E-state index is 14.2. The number of aromatic nitrogens is 2. The molecule has 1 aromatic heterocycles. The zero-order chi connectivity index (χ0) is 24.9. The molecule has 1 saturated heterocycles. The summed E-state index contributed by atoms with van der Waals surface area (Å²) in [7, 11) is 0. The van der Waals surface area contributed by atoms with Gasteiger partial charge in [-0.15, -0.1) is 0 Å². The number of H-pyrrole nitrogens is 1. The quantitative estimate of drug-likeness (QED) is 0.416. The number of rotatable bonds is 7. The van der Waals surface area contributed by atoms with E-state index < -0.39 is 5.82 Å². The number of aromatic amines is 1. The lowest BCUT2D eigenvalue weighted by Gasteiger charge is -2.27. The number of morpholine rings is 1. The van der Waals surface area contributed by atoms with Crippen molar-refractivity contribution in [2.24, 2.45) is 0 Å². The number of anilines is 2. The van der Waals surface area contributed by atoms with Gasteiger partial charge in [0, 0.05) is 36.1 Å². The lowest BCUT2D eigenvalue weighted by atomic mass is 10.0. The van der Waals surface area contributed by atoms with Crippen molar-refractivity contribution < 1.29 is 13.9 Å². The predicted octanol–water partition coefficient (Wildman–Crippen LogP) is 4.51. The number of benzene rings is 3. The van der Waals surface area contributed by atoms with Crippen LogP contribution in [0.3, 0.4) is 0 Å². The highest BCUT2D eigenvalue weighted by Gasteiger charge is 2.20. The molecule has 1 fully saturated rings. The molecular weight excluding hydrogens is 459 g/mol. The van der Waals surface area contributed by atoms with E-state index in [1.54, 1.807) is 29.2 Å². The van der Waals surface area contributed by atoms with Crippen molar-refractivity contribution in [1.82, 2.24) is 15.1 Å². The first-order valence-electron chi connectivity index (χ1n) is 12.1. The molecule has 5 rings (SSSR count). The number of nitrogens with zero attached hydrogens (tertiary/aromatic N) is 3. The summed E-state index contributed by atoms with van der Waals surface area (Å²) in [4.78, 5) is 29.6. The molecule has 1 N–H and O–H groups in total. The minimum Gasteiger partial charge on any atom is -0.379 e. The number of hydrogen-bond donors (Lipinski definition) is 1. The summed E-state index contributed by atoms with van der Waals surface area (Å²) in [5.74, 6) is -0.534. The zero-order valence-corrected chi connectivity index (χ0v) is 19.8. The van der Waals surface area contributed by atoms with E-state index in [2.05, 4.69) is 15.1 Å². The van der Waals surface area contributed by atoms with E-state index in [9.17, 15) is 14.0 Å². The molecule has 0 radical (unpaired) electrons. The third-order valence-corrected chi connectivity index (χ3v) is 6.36. The van der Waals surface area contributed by atoms with Gasteiger partial charge < -0.3 is 4.74 Å². The molecule has 1 amide bonds. The normalized spacial score (nSPS) is 14.1. The van der Waals surface area contributed by atoms with Crippen molar-refractivity contribution in [2.75, 3.05) is 37.7 Å². The second-order valence-corrected chi connectivity index (χ2v) is 8.76. The van der Waals surface area contributed by atoms with Crippen molar-refractivity contribution in [3.8, 4) is 11.3 Å². The molecule has 2 heterocycles. The maximum absolute atomic E-state index is 14.2. The number of amides is 1. The van der Waals surface area contributed by atoms with Crippen LogP contribution in [0.2, 0.25) is 0 Å². The van der Waals surface area contributed by atoms with Crippen LogP contribution < -0.4 is 10.5 Å². The first-order chi connectivity index (χ1) is 17.6. The summed E-state index contributed by atoms with van der Waals surface area (Å²) < 4.78 is 19.6. The van der Waals surface area contributed by atoms with Crippen LogP contribution in [0.5, 0.6) is 0 Å². The van der Waals surface area contributed by atoms with E-state index in [0.29, 0.717) is 53.9 Å². The van der Waals surface area contributed by atoms with E-state index in [-0.39, 0.29) is 11.5 Å². The molecule has 4 aromatic rings. The first kappa shape index (κ1) is 23.8. The van der Waals surface area contributed by atoms with Crippen LogP contribution in [-0.4, -0.2) is 53.9 Å². The Morgan fingerprint density at radius 2 is 1.69 bits per heavy atom. The minimum atomic E-state index is -0.414. The average Bonchev–Trinajstić information content (AvgIpc) is 2.90. The van der Waals surface area contributed by atoms with E-state index in [1.807, 2.05) is 36.4 Å². The lowest BCUT2D eigenvalue weighted by Crippen LogP contribution is -2.37. The summed E-state index contributed by atoms with van der Waals surface area (Å²) in [6.07, 6.45) is 1.01. The molecule has 1 aliphatic rings. The molecule has 36 heavy (non-hydrogen) atoms. The Balaban J connectivity index is 1.47. The van der Waals surface area contributed by atoms with Gasteiger partial charge in [0.05, 0.1) is 30.0 Å². The number of fused-ring (bicyclic) bond motifs is 1. The van der Waals surface area contributed by atoms with Gasteiger partial charge in [-0.3, -0.25) is 19.4 Å². The number of nitrogens with one attached hydrogen (secondary N) is 1. The fourth-order valence-electron chi connectivity index (χ4n) is 4.57. The Kier molecular flexibility index (Phi) is 7.16. The molecule has 1 aliphatic heterocycles. The van der Waals surface area contributed by atoms with Crippen LogP contribution in [0, 0.1) is 5.82 Å². The van der Waals surface area contributed by atoms with Gasteiger partial charge in [-0.25, -0.2) is 9.49 Å². The van der Waals surface area contributed by atoms with Gasteiger partial charge in [0.2, 0.25) is 5.91 Å².